The normalized spacial score (nSPS) is 11.4. The summed E-state index contributed by atoms with van der Waals surface area (Å²) in [6, 6.07) is 3.77. The lowest BCUT2D eigenvalue weighted by Gasteiger charge is -2.08. The second-order valence-corrected chi connectivity index (χ2v) is 6.44. The number of hydrogen-bond donors (Lipinski definition) is 1. The van der Waals surface area contributed by atoms with Gasteiger partial charge in [-0.3, -0.25) is 4.72 Å². The number of sulfonamides is 1. The van der Waals surface area contributed by atoms with Crippen molar-refractivity contribution in [3.8, 4) is 10.6 Å². The third-order valence-electron chi connectivity index (χ3n) is 2.18. The van der Waals surface area contributed by atoms with Gasteiger partial charge in [0.2, 0.25) is 10.0 Å². The summed E-state index contributed by atoms with van der Waals surface area (Å²) < 4.78 is 26.0. The molecule has 0 saturated carbocycles. The van der Waals surface area contributed by atoms with Gasteiger partial charge in [0.25, 0.3) is 0 Å². The monoisotopic (exact) mass is 283 g/mol. The van der Waals surface area contributed by atoms with Crippen LogP contribution in [0.2, 0.25) is 0 Å². The topological polar surface area (TPSA) is 72.0 Å². The quantitative estimate of drug-likeness (QED) is 0.914. The minimum atomic E-state index is -3.35. The van der Waals surface area contributed by atoms with Crippen molar-refractivity contribution >= 4 is 27.2 Å². The van der Waals surface area contributed by atoms with E-state index < -0.39 is 10.0 Å². The molecule has 0 aromatic carbocycles. The molecule has 0 aliphatic heterocycles. The lowest BCUT2D eigenvalue weighted by molar-refractivity contribution is 0.599. The average Bonchev–Trinajstić information content (AvgIpc) is 2.82. The van der Waals surface area contributed by atoms with Crippen molar-refractivity contribution in [1.29, 1.82) is 0 Å². The van der Waals surface area contributed by atoms with Crippen LogP contribution >= 0.6 is 11.3 Å². The molecule has 0 spiro atoms. The zero-order valence-electron chi connectivity index (χ0n) is 9.83. The van der Waals surface area contributed by atoms with Crippen LogP contribution in [0.15, 0.2) is 29.9 Å². The Kier molecular flexibility index (Phi) is 3.93. The molecule has 2 rings (SSSR count). The zero-order valence-corrected chi connectivity index (χ0v) is 11.5. The Morgan fingerprint density at radius 3 is 2.78 bits per heavy atom. The predicted octanol–water partition coefficient (Wildman–Crippen LogP) is 2.36. The van der Waals surface area contributed by atoms with E-state index in [1.807, 2.05) is 24.4 Å². The molecule has 96 valence electrons. The summed E-state index contributed by atoms with van der Waals surface area (Å²) in [5, 5.41) is 1.91. The third kappa shape index (κ3) is 3.05. The first-order valence-corrected chi connectivity index (χ1v) is 8.01. The minimum absolute atomic E-state index is 0.0768. The molecule has 2 aromatic rings. The fraction of sp³-hybridized carbons (Fsp3) is 0.273. The van der Waals surface area contributed by atoms with E-state index in [0.717, 1.165) is 4.88 Å². The van der Waals surface area contributed by atoms with E-state index in [1.54, 1.807) is 6.20 Å². The van der Waals surface area contributed by atoms with E-state index in [0.29, 0.717) is 12.1 Å². The fourth-order valence-corrected chi connectivity index (χ4v) is 3.28. The molecular weight excluding hydrogens is 270 g/mol. The van der Waals surface area contributed by atoms with Gasteiger partial charge in [0, 0.05) is 12.4 Å². The molecule has 1 N–H and O–H groups in total. The number of thiophene rings is 1. The van der Waals surface area contributed by atoms with Crippen LogP contribution in [0.3, 0.4) is 0 Å². The van der Waals surface area contributed by atoms with Crippen LogP contribution in [0.1, 0.15) is 13.3 Å². The van der Waals surface area contributed by atoms with Crippen molar-refractivity contribution < 1.29 is 8.42 Å². The number of anilines is 1. The molecule has 0 atom stereocenters. The van der Waals surface area contributed by atoms with E-state index >= 15 is 0 Å². The molecule has 2 heterocycles. The minimum Gasteiger partial charge on any atom is -0.265 e. The van der Waals surface area contributed by atoms with E-state index in [9.17, 15) is 8.42 Å². The first-order valence-electron chi connectivity index (χ1n) is 5.48. The molecule has 0 amide bonds. The highest BCUT2D eigenvalue weighted by atomic mass is 32.2. The summed E-state index contributed by atoms with van der Waals surface area (Å²) in [6.45, 7) is 1.82. The van der Waals surface area contributed by atoms with E-state index in [4.69, 9.17) is 0 Å². The molecule has 0 aliphatic rings. The largest absolute Gasteiger partial charge is 0.265 e. The number of nitrogens with one attached hydrogen (secondary N) is 1. The lowest BCUT2D eigenvalue weighted by Crippen LogP contribution is -2.17. The van der Waals surface area contributed by atoms with E-state index in [-0.39, 0.29) is 11.6 Å². The standard InChI is InChI=1S/C11H13N3O2S2/c1-2-8-18(15,16)14-11-10(12-5-6-13-11)9-4-3-7-17-9/h3-7H,2,8H2,1H3,(H,13,14). The lowest BCUT2D eigenvalue weighted by atomic mass is 10.3. The second kappa shape index (κ2) is 5.45. The predicted molar refractivity (Wildman–Crippen MR) is 73.0 cm³/mol. The number of rotatable bonds is 5. The van der Waals surface area contributed by atoms with Crippen molar-refractivity contribution in [2.75, 3.05) is 10.5 Å². The van der Waals surface area contributed by atoms with Crippen LogP contribution in [-0.2, 0) is 10.0 Å². The maximum Gasteiger partial charge on any atom is 0.233 e. The van der Waals surface area contributed by atoms with Crippen molar-refractivity contribution in [3.05, 3.63) is 29.9 Å². The Morgan fingerprint density at radius 2 is 2.11 bits per heavy atom. The van der Waals surface area contributed by atoms with Crippen molar-refractivity contribution in [3.63, 3.8) is 0 Å². The van der Waals surface area contributed by atoms with E-state index in [1.165, 1.54) is 17.5 Å². The van der Waals surface area contributed by atoms with Crippen LogP contribution in [0, 0.1) is 0 Å². The Bertz CT molecular complexity index is 609. The molecule has 0 saturated heterocycles. The van der Waals surface area contributed by atoms with Gasteiger partial charge < -0.3 is 0 Å². The number of hydrogen-bond acceptors (Lipinski definition) is 5. The van der Waals surface area contributed by atoms with Crippen LogP contribution in [0.5, 0.6) is 0 Å². The molecular formula is C11H13N3O2S2. The van der Waals surface area contributed by atoms with Gasteiger partial charge in [-0.05, 0) is 17.9 Å². The van der Waals surface area contributed by atoms with Crippen molar-refractivity contribution in [1.82, 2.24) is 9.97 Å². The summed E-state index contributed by atoms with van der Waals surface area (Å²) in [4.78, 5) is 9.13. The Morgan fingerprint density at radius 1 is 1.33 bits per heavy atom. The van der Waals surface area contributed by atoms with Crippen molar-refractivity contribution in [2.45, 2.75) is 13.3 Å². The highest BCUT2D eigenvalue weighted by Gasteiger charge is 2.15. The van der Waals surface area contributed by atoms with Gasteiger partial charge in [-0.1, -0.05) is 13.0 Å². The van der Waals surface area contributed by atoms with Crippen LogP contribution in [0.25, 0.3) is 10.6 Å². The summed E-state index contributed by atoms with van der Waals surface area (Å²) >= 11 is 1.49. The molecule has 0 fully saturated rings. The van der Waals surface area contributed by atoms with Gasteiger partial charge in [-0.15, -0.1) is 11.3 Å². The Balaban J connectivity index is 2.35. The first-order chi connectivity index (χ1) is 8.62. The summed E-state index contributed by atoms with van der Waals surface area (Å²) in [5.74, 6) is 0.362. The Labute approximate surface area is 110 Å². The van der Waals surface area contributed by atoms with Crippen LogP contribution in [0.4, 0.5) is 5.82 Å². The van der Waals surface area contributed by atoms with E-state index in [2.05, 4.69) is 14.7 Å². The number of aromatic nitrogens is 2. The zero-order chi connectivity index (χ0) is 13.0. The first kappa shape index (κ1) is 13.0. The van der Waals surface area contributed by atoms with Crippen LogP contribution in [-0.4, -0.2) is 24.1 Å². The van der Waals surface area contributed by atoms with Gasteiger partial charge in [0.1, 0.15) is 5.69 Å². The molecule has 2 aromatic heterocycles. The number of nitrogens with zero attached hydrogens (tertiary/aromatic N) is 2. The maximum absolute atomic E-state index is 11.7. The summed E-state index contributed by atoms with van der Waals surface area (Å²) in [7, 11) is -3.35. The van der Waals surface area contributed by atoms with Gasteiger partial charge in [-0.25, -0.2) is 18.4 Å². The van der Waals surface area contributed by atoms with Gasteiger partial charge in [0.05, 0.1) is 10.6 Å². The Hall–Kier alpha value is -1.47. The van der Waals surface area contributed by atoms with Gasteiger partial charge in [-0.2, -0.15) is 0 Å². The molecule has 0 radical (unpaired) electrons. The van der Waals surface area contributed by atoms with Crippen molar-refractivity contribution in [2.24, 2.45) is 0 Å². The molecule has 0 aliphatic carbocycles. The molecule has 5 nitrogen and oxygen atoms in total. The average molecular weight is 283 g/mol. The molecule has 18 heavy (non-hydrogen) atoms. The maximum atomic E-state index is 11.7. The highest BCUT2D eigenvalue weighted by molar-refractivity contribution is 7.92. The fourth-order valence-electron chi connectivity index (χ4n) is 1.47. The van der Waals surface area contributed by atoms with Gasteiger partial charge >= 0.3 is 0 Å². The van der Waals surface area contributed by atoms with Gasteiger partial charge in [0.15, 0.2) is 5.82 Å². The summed E-state index contributed by atoms with van der Waals surface area (Å²) in [6.07, 6.45) is 3.58. The SMILES string of the molecule is CCCS(=O)(=O)Nc1nccnc1-c1cccs1. The smallest absolute Gasteiger partial charge is 0.233 e. The third-order valence-corrected chi connectivity index (χ3v) is 4.50. The molecule has 7 heteroatoms. The second-order valence-electron chi connectivity index (χ2n) is 3.65. The highest BCUT2D eigenvalue weighted by Crippen LogP contribution is 2.28. The molecule has 0 bridgehead atoms. The van der Waals surface area contributed by atoms with Crippen LogP contribution < -0.4 is 4.72 Å². The molecule has 0 unspecified atom stereocenters. The summed E-state index contributed by atoms with van der Waals surface area (Å²) in [5.41, 5.74) is 0.562.